The van der Waals surface area contributed by atoms with Crippen LogP contribution in [-0.2, 0) is 4.74 Å². The Hall–Kier alpha value is -0.0800. The Balaban J connectivity index is 1.95. The van der Waals surface area contributed by atoms with Crippen LogP contribution in [0.5, 0.6) is 0 Å². The van der Waals surface area contributed by atoms with Gasteiger partial charge in [0, 0.05) is 19.3 Å². The van der Waals surface area contributed by atoms with Crippen molar-refractivity contribution in [3.63, 3.8) is 0 Å². The van der Waals surface area contributed by atoms with Crippen LogP contribution in [0.15, 0.2) is 0 Å². The van der Waals surface area contributed by atoms with E-state index >= 15 is 0 Å². The van der Waals surface area contributed by atoms with Gasteiger partial charge in [-0.3, -0.25) is 0 Å². The molecule has 2 heteroatoms. The molecule has 0 spiro atoms. The molecule has 1 aliphatic carbocycles. The van der Waals surface area contributed by atoms with Gasteiger partial charge in [0.05, 0.1) is 0 Å². The largest absolute Gasteiger partial charge is 0.381 e. The molecule has 1 aliphatic rings. The number of hydrogen-bond donors (Lipinski definition) is 1. The average molecular weight is 241 g/mol. The van der Waals surface area contributed by atoms with E-state index in [2.05, 4.69) is 26.1 Å². The summed E-state index contributed by atoms with van der Waals surface area (Å²) in [7, 11) is 0. The van der Waals surface area contributed by atoms with Gasteiger partial charge in [-0.2, -0.15) is 0 Å². The highest BCUT2D eigenvalue weighted by molar-refractivity contribution is 4.83. The molecule has 0 aliphatic heterocycles. The highest BCUT2D eigenvalue weighted by Gasteiger charge is 2.27. The zero-order valence-corrected chi connectivity index (χ0v) is 12.1. The van der Waals surface area contributed by atoms with Gasteiger partial charge in [-0.1, -0.05) is 33.6 Å². The molecule has 102 valence electrons. The van der Waals surface area contributed by atoms with Crippen molar-refractivity contribution in [1.82, 2.24) is 5.32 Å². The lowest BCUT2D eigenvalue weighted by atomic mass is 9.75. The first-order chi connectivity index (χ1) is 8.14. The first kappa shape index (κ1) is 15.0. The van der Waals surface area contributed by atoms with Crippen molar-refractivity contribution in [1.29, 1.82) is 0 Å². The second-order valence-electron chi connectivity index (χ2n) is 6.23. The van der Waals surface area contributed by atoms with E-state index in [0.717, 1.165) is 32.2 Å². The van der Waals surface area contributed by atoms with E-state index in [0.29, 0.717) is 5.41 Å². The predicted molar refractivity (Wildman–Crippen MR) is 74.4 cm³/mol. The number of unbranched alkanes of at least 4 members (excludes halogenated alkanes) is 1. The Kier molecular flexibility index (Phi) is 7.14. The van der Waals surface area contributed by atoms with Crippen LogP contribution in [0.3, 0.4) is 0 Å². The van der Waals surface area contributed by atoms with Crippen LogP contribution in [-0.4, -0.2) is 25.8 Å². The summed E-state index contributed by atoms with van der Waals surface area (Å²) >= 11 is 0. The fraction of sp³-hybridized carbons (Fsp3) is 1.00. The summed E-state index contributed by atoms with van der Waals surface area (Å²) in [6.45, 7) is 9.97. The van der Waals surface area contributed by atoms with E-state index in [9.17, 15) is 0 Å². The van der Waals surface area contributed by atoms with Gasteiger partial charge in [-0.25, -0.2) is 0 Å². The third-order valence-corrected chi connectivity index (χ3v) is 3.75. The molecule has 0 saturated heterocycles. The molecule has 0 aromatic carbocycles. The Morgan fingerprint density at radius 2 is 2.00 bits per heavy atom. The fourth-order valence-electron chi connectivity index (χ4n) is 2.70. The minimum absolute atomic E-state index is 0.549. The summed E-state index contributed by atoms with van der Waals surface area (Å²) in [6, 6.07) is 0.745. The van der Waals surface area contributed by atoms with E-state index in [1.165, 1.54) is 38.5 Å². The molecule has 1 unspecified atom stereocenters. The Labute approximate surface area is 108 Å². The highest BCUT2D eigenvalue weighted by Crippen LogP contribution is 2.34. The summed E-state index contributed by atoms with van der Waals surface area (Å²) < 4.78 is 5.56. The van der Waals surface area contributed by atoms with Gasteiger partial charge in [0.25, 0.3) is 0 Å². The number of nitrogens with one attached hydrogen (secondary N) is 1. The van der Waals surface area contributed by atoms with Crippen LogP contribution in [0.4, 0.5) is 0 Å². The zero-order chi connectivity index (χ0) is 12.6. The molecule has 0 radical (unpaired) electrons. The van der Waals surface area contributed by atoms with Crippen molar-refractivity contribution in [2.24, 2.45) is 5.41 Å². The molecule has 1 saturated carbocycles. The first-order valence-corrected chi connectivity index (χ1v) is 7.45. The summed E-state index contributed by atoms with van der Waals surface area (Å²) in [4.78, 5) is 0. The third-order valence-electron chi connectivity index (χ3n) is 3.75. The van der Waals surface area contributed by atoms with Crippen molar-refractivity contribution >= 4 is 0 Å². The molecule has 1 atom stereocenters. The maximum Gasteiger partial charge on any atom is 0.0478 e. The smallest absolute Gasteiger partial charge is 0.0478 e. The van der Waals surface area contributed by atoms with Gasteiger partial charge in [-0.15, -0.1) is 0 Å². The van der Waals surface area contributed by atoms with Crippen LogP contribution >= 0.6 is 0 Å². The summed E-state index contributed by atoms with van der Waals surface area (Å²) in [5.74, 6) is 0. The lowest BCUT2D eigenvalue weighted by molar-refractivity contribution is 0.126. The number of hydrogen-bond acceptors (Lipinski definition) is 2. The molecular formula is C15H31NO. The molecule has 17 heavy (non-hydrogen) atoms. The third kappa shape index (κ3) is 7.05. The molecule has 0 aromatic rings. The first-order valence-electron chi connectivity index (χ1n) is 7.45. The molecule has 0 bridgehead atoms. The predicted octanol–water partition coefficient (Wildman–Crippen LogP) is 3.75. The van der Waals surface area contributed by atoms with Crippen LogP contribution in [0.2, 0.25) is 0 Å². The van der Waals surface area contributed by atoms with Gasteiger partial charge in [-0.05, 0) is 44.1 Å². The standard InChI is InChI=1S/C15H31NO/c1-4-5-11-17-12-7-10-16-14-8-6-9-15(2,3)13-14/h14,16H,4-13H2,1-3H3. The second kappa shape index (κ2) is 8.10. The lowest BCUT2D eigenvalue weighted by Crippen LogP contribution is -2.37. The fourth-order valence-corrected chi connectivity index (χ4v) is 2.70. The van der Waals surface area contributed by atoms with Gasteiger partial charge >= 0.3 is 0 Å². The van der Waals surface area contributed by atoms with Crippen LogP contribution in [0.25, 0.3) is 0 Å². The maximum atomic E-state index is 5.56. The molecular weight excluding hydrogens is 210 g/mol. The quantitative estimate of drug-likeness (QED) is 0.653. The van der Waals surface area contributed by atoms with Crippen molar-refractivity contribution in [2.45, 2.75) is 71.8 Å². The normalized spacial score (nSPS) is 23.8. The van der Waals surface area contributed by atoms with Gasteiger partial charge in [0.2, 0.25) is 0 Å². The van der Waals surface area contributed by atoms with Gasteiger partial charge < -0.3 is 10.1 Å². The Morgan fingerprint density at radius 1 is 1.24 bits per heavy atom. The molecule has 0 heterocycles. The second-order valence-corrected chi connectivity index (χ2v) is 6.23. The molecule has 0 aromatic heterocycles. The summed E-state index contributed by atoms with van der Waals surface area (Å²) in [5, 5.41) is 3.69. The Bertz CT molecular complexity index is 191. The monoisotopic (exact) mass is 241 g/mol. The van der Waals surface area contributed by atoms with Crippen molar-refractivity contribution in [2.75, 3.05) is 19.8 Å². The van der Waals surface area contributed by atoms with Gasteiger partial charge in [0.1, 0.15) is 0 Å². The molecule has 2 nitrogen and oxygen atoms in total. The molecule has 1 rings (SSSR count). The summed E-state index contributed by atoms with van der Waals surface area (Å²) in [6.07, 6.45) is 9.06. The minimum Gasteiger partial charge on any atom is -0.381 e. The SMILES string of the molecule is CCCCOCCCNC1CCCC(C)(C)C1. The van der Waals surface area contributed by atoms with E-state index in [-0.39, 0.29) is 0 Å². The van der Waals surface area contributed by atoms with E-state index < -0.39 is 0 Å². The van der Waals surface area contributed by atoms with E-state index in [1.54, 1.807) is 0 Å². The minimum atomic E-state index is 0.549. The van der Waals surface area contributed by atoms with Gasteiger partial charge in [0.15, 0.2) is 0 Å². The van der Waals surface area contributed by atoms with E-state index in [1.807, 2.05) is 0 Å². The van der Waals surface area contributed by atoms with E-state index in [4.69, 9.17) is 4.74 Å². The van der Waals surface area contributed by atoms with Crippen molar-refractivity contribution in [3.05, 3.63) is 0 Å². The Morgan fingerprint density at radius 3 is 2.71 bits per heavy atom. The molecule has 1 fully saturated rings. The number of rotatable bonds is 8. The average Bonchev–Trinajstić information content (AvgIpc) is 2.27. The number of ether oxygens (including phenoxy) is 1. The van der Waals surface area contributed by atoms with Crippen molar-refractivity contribution < 1.29 is 4.74 Å². The van der Waals surface area contributed by atoms with Crippen molar-refractivity contribution in [3.8, 4) is 0 Å². The van der Waals surface area contributed by atoms with Crippen LogP contribution in [0.1, 0.15) is 65.7 Å². The molecule has 0 amide bonds. The topological polar surface area (TPSA) is 21.3 Å². The maximum absolute atomic E-state index is 5.56. The zero-order valence-electron chi connectivity index (χ0n) is 12.1. The van der Waals surface area contributed by atoms with Crippen LogP contribution in [0, 0.1) is 5.41 Å². The molecule has 1 N–H and O–H groups in total. The van der Waals surface area contributed by atoms with Crippen LogP contribution < -0.4 is 5.32 Å². The lowest BCUT2D eigenvalue weighted by Gasteiger charge is -2.35. The summed E-state index contributed by atoms with van der Waals surface area (Å²) in [5.41, 5.74) is 0.549. The highest BCUT2D eigenvalue weighted by atomic mass is 16.5.